The van der Waals surface area contributed by atoms with E-state index in [1.54, 1.807) is 0 Å². The molecule has 2 atom stereocenters. The molecule has 0 bridgehead atoms. The van der Waals surface area contributed by atoms with Gasteiger partial charge in [-0.15, -0.1) is 0 Å². The first-order valence-corrected chi connectivity index (χ1v) is 22.2. The Morgan fingerprint density at radius 2 is 0.333 bits per heavy atom. The minimum absolute atomic E-state index is 0.960. The first-order valence-electron chi connectivity index (χ1n) is 22.2. The lowest BCUT2D eigenvalue weighted by Gasteiger charge is -2.12. The Morgan fingerprint density at radius 1 is 0.200 bits per heavy atom. The van der Waals surface area contributed by atoms with Gasteiger partial charge in [0.1, 0.15) is 0 Å². The van der Waals surface area contributed by atoms with Crippen molar-refractivity contribution in [2.45, 2.75) is 278 Å². The van der Waals surface area contributed by atoms with Crippen molar-refractivity contribution in [2.75, 3.05) is 0 Å². The summed E-state index contributed by atoms with van der Waals surface area (Å²) in [6.45, 7) is 9.65. The number of hydrogen-bond donors (Lipinski definition) is 0. The number of unbranched alkanes of at least 4 members (excludes halogenated alkanes) is 32. The van der Waals surface area contributed by atoms with Crippen LogP contribution in [0.4, 0.5) is 0 Å². The van der Waals surface area contributed by atoms with Crippen molar-refractivity contribution in [3.05, 3.63) is 0 Å². The highest BCUT2D eigenvalue weighted by Crippen LogP contribution is 2.21. The monoisotopic (exact) mass is 633 g/mol. The molecule has 0 aromatic heterocycles. The summed E-state index contributed by atoms with van der Waals surface area (Å²) in [6.07, 6.45) is 57.6. The van der Waals surface area contributed by atoms with E-state index >= 15 is 0 Å². The second-order valence-corrected chi connectivity index (χ2v) is 16.0. The summed E-state index contributed by atoms with van der Waals surface area (Å²) >= 11 is 0. The summed E-state index contributed by atoms with van der Waals surface area (Å²) in [5.41, 5.74) is 0. The Labute approximate surface area is 289 Å². The Bertz CT molecular complexity index is 494. The molecule has 0 nitrogen and oxygen atoms in total. The fourth-order valence-electron chi connectivity index (χ4n) is 7.53. The molecule has 0 heterocycles. The summed E-state index contributed by atoms with van der Waals surface area (Å²) in [5.74, 6) is 1.92. The minimum atomic E-state index is 0.960. The predicted molar refractivity (Wildman–Crippen MR) is 210 cm³/mol. The molecule has 0 aromatic rings. The largest absolute Gasteiger partial charge is 0.0654 e. The summed E-state index contributed by atoms with van der Waals surface area (Å²) in [7, 11) is 0. The molecule has 0 aliphatic rings. The molecule has 0 radical (unpaired) electrons. The van der Waals surface area contributed by atoms with E-state index in [0.29, 0.717) is 0 Å². The molecule has 0 saturated carbocycles. The van der Waals surface area contributed by atoms with Crippen molar-refractivity contribution in [3.63, 3.8) is 0 Å². The van der Waals surface area contributed by atoms with Crippen molar-refractivity contribution in [3.8, 4) is 0 Å². The van der Waals surface area contributed by atoms with Crippen molar-refractivity contribution in [1.29, 1.82) is 0 Å². The molecule has 2 unspecified atom stereocenters. The van der Waals surface area contributed by atoms with Gasteiger partial charge in [-0.05, 0) is 11.8 Å². The van der Waals surface area contributed by atoms with E-state index in [1.165, 1.54) is 250 Å². The minimum Gasteiger partial charge on any atom is -0.0654 e. The highest BCUT2D eigenvalue weighted by Gasteiger charge is 2.04. The van der Waals surface area contributed by atoms with Crippen LogP contribution in [0.2, 0.25) is 0 Å². The van der Waals surface area contributed by atoms with E-state index in [0.717, 1.165) is 11.8 Å². The van der Waals surface area contributed by atoms with Gasteiger partial charge in [-0.3, -0.25) is 0 Å². The average molecular weight is 633 g/mol. The molecule has 0 aliphatic carbocycles. The second kappa shape index (κ2) is 40.2. The van der Waals surface area contributed by atoms with Crippen LogP contribution >= 0.6 is 0 Å². The van der Waals surface area contributed by atoms with Crippen molar-refractivity contribution >= 4 is 0 Å². The van der Waals surface area contributed by atoms with E-state index in [4.69, 9.17) is 0 Å². The molecule has 0 aromatic carbocycles. The van der Waals surface area contributed by atoms with Gasteiger partial charge in [0, 0.05) is 0 Å². The van der Waals surface area contributed by atoms with Crippen molar-refractivity contribution < 1.29 is 0 Å². The SMILES string of the molecule is CCCCCCCCCCCCCCCCCCCCCCC(C)CCCCCCCC(C)CCCCCCCCCCCC. The molecular formula is C45H92. The smallest absolute Gasteiger partial charge is 0.0443 e. The van der Waals surface area contributed by atoms with Gasteiger partial charge in [0.15, 0.2) is 0 Å². The zero-order chi connectivity index (χ0) is 32.7. The Kier molecular flexibility index (Phi) is 40.2. The number of rotatable bonds is 40. The average Bonchev–Trinajstić information content (AvgIpc) is 3.04. The van der Waals surface area contributed by atoms with E-state index in [9.17, 15) is 0 Å². The van der Waals surface area contributed by atoms with Crippen LogP contribution in [0, 0.1) is 11.8 Å². The molecule has 0 N–H and O–H groups in total. The predicted octanol–water partition coefficient (Wildman–Crippen LogP) is 17.5. The van der Waals surface area contributed by atoms with E-state index < -0.39 is 0 Å². The maximum Gasteiger partial charge on any atom is -0.0443 e. The first kappa shape index (κ1) is 45.0. The highest BCUT2D eigenvalue weighted by molar-refractivity contribution is 4.58. The Morgan fingerprint density at radius 3 is 0.489 bits per heavy atom. The maximum atomic E-state index is 2.52. The maximum absolute atomic E-state index is 2.52. The molecule has 0 fully saturated rings. The molecule has 0 amide bonds. The zero-order valence-corrected chi connectivity index (χ0v) is 32.7. The summed E-state index contributed by atoms with van der Waals surface area (Å²) in [4.78, 5) is 0. The molecule has 0 aliphatic heterocycles. The Hall–Kier alpha value is 0. The quantitative estimate of drug-likeness (QED) is 0.0590. The van der Waals surface area contributed by atoms with Gasteiger partial charge in [0.05, 0.1) is 0 Å². The van der Waals surface area contributed by atoms with Crippen LogP contribution in [0.3, 0.4) is 0 Å². The van der Waals surface area contributed by atoms with E-state index in [2.05, 4.69) is 27.7 Å². The molecule has 0 heteroatoms. The lowest BCUT2D eigenvalue weighted by molar-refractivity contribution is 0.416. The lowest BCUT2D eigenvalue weighted by atomic mass is 9.94. The van der Waals surface area contributed by atoms with Gasteiger partial charge in [0.25, 0.3) is 0 Å². The van der Waals surface area contributed by atoms with E-state index in [1.807, 2.05) is 0 Å². The van der Waals surface area contributed by atoms with Gasteiger partial charge in [-0.1, -0.05) is 278 Å². The lowest BCUT2D eigenvalue weighted by Crippen LogP contribution is -1.96. The van der Waals surface area contributed by atoms with Crippen LogP contribution in [0.1, 0.15) is 278 Å². The van der Waals surface area contributed by atoms with Gasteiger partial charge in [0.2, 0.25) is 0 Å². The molecular weight excluding hydrogens is 540 g/mol. The van der Waals surface area contributed by atoms with Crippen molar-refractivity contribution in [1.82, 2.24) is 0 Å². The zero-order valence-electron chi connectivity index (χ0n) is 32.7. The van der Waals surface area contributed by atoms with Crippen LogP contribution in [0.15, 0.2) is 0 Å². The first-order chi connectivity index (χ1) is 22.2. The van der Waals surface area contributed by atoms with Crippen LogP contribution in [-0.4, -0.2) is 0 Å². The molecule has 272 valence electrons. The third-order valence-corrected chi connectivity index (χ3v) is 11.0. The van der Waals surface area contributed by atoms with Crippen LogP contribution in [0.25, 0.3) is 0 Å². The molecule has 0 rings (SSSR count). The molecule has 45 heavy (non-hydrogen) atoms. The third kappa shape index (κ3) is 40.1. The van der Waals surface area contributed by atoms with Gasteiger partial charge < -0.3 is 0 Å². The molecule has 0 saturated heterocycles. The van der Waals surface area contributed by atoms with Crippen LogP contribution in [0.5, 0.6) is 0 Å². The van der Waals surface area contributed by atoms with Gasteiger partial charge in [-0.2, -0.15) is 0 Å². The summed E-state index contributed by atoms with van der Waals surface area (Å²) in [6, 6.07) is 0. The van der Waals surface area contributed by atoms with E-state index in [-0.39, 0.29) is 0 Å². The van der Waals surface area contributed by atoms with Gasteiger partial charge >= 0.3 is 0 Å². The molecule has 0 spiro atoms. The topological polar surface area (TPSA) is 0 Å². The fourth-order valence-corrected chi connectivity index (χ4v) is 7.53. The number of hydrogen-bond acceptors (Lipinski definition) is 0. The highest BCUT2D eigenvalue weighted by atomic mass is 14.1. The summed E-state index contributed by atoms with van der Waals surface area (Å²) < 4.78 is 0. The third-order valence-electron chi connectivity index (χ3n) is 11.0. The van der Waals surface area contributed by atoms with Crippen LogP contribution < -0.4 is 0 Å². The second-order valence-electron chi connectivity index (χ2n) is 16.0. The Balaban J connectivity index is 3.22. The van der Waals surface area contributed by atoms with Crippen molar-refractivity contribution in [2.24, 2.45) is 11.8 Å². The van der Waals surface area contributed by atoms with Gasteiger partial charge in [-0.25, -0.2) is 0 Å². The normalized spacial score (nSPS) is 13.1. The summed E-state index contributed by atoms with van der Waals surface area (Å²) in [5, 5.41) is 0. The fraction of sp³-hybridized carbons (Fsp3) is 1.00. The van der Waals surface area contributed by atoms with Crippen LogP contribution in [-0.2, 0) is 0 Å². The standard InChI is InChI=1S/C45H92/c1-5-7-9-11-13-15-17-18-19-20-21-22-23-24-25-26-28-30-33-37-41-45(4)43-39-35-31-34-38-42-44(3)40-36-32-29-27-16-14-12-10-8-6-2/h44-45H,5-43H2,1-4H3.